The number of hydrogen-bond donors (Lipinski definition) is 0. The number of nitrogens with zero attached hydrogens (tertiary/aromatic N) is 2. The van der Waals surface area contributed by atoms with Crippen LogP contribution < -0.4 is 4.90 Å². The molecule has 0 saturated heterocycles. The van der Waals surface area contributed by atoms with E-state index in [4.69, 9.17) is 5.26 Å². The monoisotopic (exact) mass is 238 g/mol. The molecule has 0 aliphatic carbocycles. The largest absolute Gasteiger partial charge is 0.339 e. The normalized spacial score (nSPS) is 13.2. The van der Waals surface area contributed by atoms with Gasteiger partial charge in [0.05, 0.1) is 17.3 Å². The quantitative estimate of drug-likeness (QED) is 0.761. The zero-order chi connectivity index (χ0) is 12.5. The molecule has 3 rings (SSSR count). The van der Waals surface area contributed by atoms with Crippen LogP contribution in [0, 0.1) is 17.1 Å². The highest BCUT2D eigenvalue weighted by molar-refractivity contribution is 5.70. The molecule has 0 fully saturated rings. The predicted molar refractivity (Wildman–Crippen MR) is 68.3 cm³/mol. The van der Waals surface area contributed by atoms with Crippen molar-refractivity contribution in [3.8, 4) is 6.07 Å². The molecule has 3 heteroatoms. The van der Waals surface area contributed by atoms with Crippen molar-refractivity contribution in [2.45, 2.75) is 6.42 Å². The van der Waals surface area contributed by atoms with Gasteiger partial charge in [-0.05, 0) is 36.2 Å². The zero-order valence-electron chi connectivity index (χ0n) is 9.73. The lowest BCUT2D eigenvalue weighted by Crippen LogP contribution is -2.14. The van der Waals surface area contributed by atoms with Crippen molar-refractivity contribution in [2.75, 3.05) is 11.4 Å². The number of anilines is 2. The van der Waals surface area contributed by atoms with Gasteiger partial charge < -0.3 is 4.90 Å². The summed E-state index contributed by atoms with van der Waals surface area (Å²) >= 11 is 0. The van der Waals surface area contributed by atoms with E-state index in [1.54, 1.807) is 12.1 Å². The Labute approximate surface area is 105 Å². The Balaban J connectivity index is 2.05. The van der Waals surface area contributed by atoms with Crippen LogP contribution in [0.5, 0.6) is 0 Å². The van der Waals surface area contributed by atoms with E-state index in [-0.39, 0.29) is 5.82 Å². The highest BCUT2D eigenvalue weighted by Gasteiger charge is 2.22. The molecule has 0 unspecified atom stereocenters. The van der Waals surface area contributed by atoms with Crippen molar-refractivity contribution in [1.82, 2.24) is 0 Å². The molecule has 1 heterocycles. The molecule has 2 nitrogen and oxygen atoms in total. The first kappa shape index (κ1) is 10.8. The summed E-state index contributed by atoms with van der Waals surface area (Å²) in [5.41, 5.74) is 3.19. The molecule has 0 atom stereocenters. The number of hydrogen-bond acceptors (Lipinski definition) is 2. The van der Waals surface area contributed by atoms with Crippen LogP contribution in [0.15, 0.2) is 42.5 Å². The Morgan fingerprint density at radius 3 is 2.72 bits per heavy atom. The molecule has 2 aromatic rings. The van der Waals surface area contributed by atoms with E-state index in [2.05, 4.69) is 6.07 Å². The van der Waals surface area contributed by atoms with Gasteiger partial charge in [-0.25, -0.2) is 4.39 Å². The first-order valence-electron chi connectivity index (χ1n) is 5.84. The topological polar surface area (TPSA) is 27.0 Å². The lowest BCUT2D eigenvalue weighted by Gasteiger charge is -2.20. The summed E-state index contributed by atoms with van der Waals surface area (Å²) in [6.45, 7) is 0.780. The summed E-state index contributed by atoms with van der Waals surface area (Å²) in [6.07, 6.45) is 0.926. The van der Waals surface area contributed by atoms with Crippen molar-refractivity contribution in [3.63, 3.8) is 0 Å². The molecule has 0 spiro atoms. The van der Waals surface area contributed by atoms with Gasteiger partial charge in [-0.3, -0.25) is 0 Å². The molecule has 2 aromatic carbocycles. The molecule has 0 amide bonds. The van der Waals surface area contributed by atoms with Gasteiger partial charge in [0, 0.05) is 12.2 Å². The fourth-order valence-electron chi connectivity index (χ4n) is 2.38. The molecule has 1 aliphatic heterocycles. The minimum atomic E-state index is -0.342. The lowest BCUT2D eigenvalue weighted by molar-refractivity contribution is 0.625. The second-order valence-corrected chi connectivity index (χ2v) is 4.31. The number of fused-ring (bicyclic) bond motifs is 1. The smallest absolute Gasteiger partial charge is 0.148 e. The summed E-state index contributed by atoms with van der Waals surface area (Å²) in [5, 5.41) is 8.75. The van der Waals surface area contributed by atoms with Gasteiger partial charge in [0.1, 0.15) is 5.82 Å². The highest BCUT2D eigenvalue weighted by atomic mass is 19.1. The standard InChI is InChI=1S/C15H11FN2/c16-13-9-11(10-17)5-6-15(13)18-8-7-12-3-1-2-4-14(12)18/h1-6,9H,7-8H2. The van der Waals surface area contributed by atoms with Crippen LogP contribution >= 0.6 is 0 Å². The van der Waals surface area contributed by atoms with Crippen LogP contribution in [-0.2, 0) is 6.42 Å². The molecular weight excluding hydrogens is 227 g/mol. The first-order valence-corrected chi connectivity index (χ1v) is 5.84. The third-order valence-corrected chi connectivity index (χ3v) is 3.25. The molecular formula is C15H11FN2. The van der Waals surface area contributed by atoms with Crippen LogP contribution in [0.25, 0.3) is 0 Å². The van der Waals surface area contributed by atoms with Gasteiger partial charge in [-0.1, -0.05) is 18.2 Å². The average Bonchev–Trinajstić information content (AvgIpc) is 2.82. The van der Waals surface area contributed by atoms with E-state index in [1.807, 2.05) is 29.2 Å². The average molecular weight is 238 g/mol. The second-order valence-electron chi connectivity index (χ2n) is 4.31. The Bertz CT molecular complexity index is 643. The van der Waals surface area contributed by atoms with Crippen LogP contribution in [0.2, 0.25) is 0 Å². The summed E-state index contributed by atoms with van der Waals surface area (Å²) in [6, 6.07) is 14.6. The van der Waals surface area contributed by atoms with Crippen molar-refractivity contribution in [3.05, 3.63) is 59.4 Å². The van der Waals surface area contributed by atoms with Gasteiger partial charge >= 0.3 is 0 Å². The van der Waals surface area contributed by atoms with E-state index in [0.29, 0.717) is 11.3 Å². The Kier molecular flexibility index (Phi) is 2.49. The van der Waals surface area contributed by atoms with Crippen LogP contribution in [0.1, 0.15) is 11.1 Å². The second kappa shape index (κ2) is 4.15. The fourth-order valence-corrected chi connectivity index (χ4v) is 2.38. The Morgan fingerprint density at radius 1 is 1.11 bits per heavy atom. The van der Waals surface area contributed by atoms with Crippen LogP contribution in [0.4, 0.5) is 15.8 Å². The SMILES string of the molecule is N#Cc1ccc(N2CCc3ccccc32)c(F)c1. The number of benzene rings is 2. The number of rotatable bonds is 1. The van der Waals surface area contributed by atoms with Crippen LogP contribution in [-0.4, -0.2) is 6.54 Å². The molecule has 88 valence electrons. The zero-order valence-corrected chi connectivity index (χ0v) is 9.73. The Hall–Kier alpha value is -2.34. The van der Waals surface area contributed by atoms with E-state index in [1.165, 1.54) is 11.6 Å². The van der Waals surface area contributed by atoms with E-state index >= 15 is 0 Å². The fraction of sp³-hybridized carbons (Fsp3) is 0.133. The Morgan fingerprint density at radius 2 is 1.94 bits per heavy atom. The minimum absolute atomic E-state index is 0.342. The maximum atomic E-state index is 14.0. The summed E-state index contributed by atoms with van der Waals surface area (Å²) < 4.78 is 14.0. The number of halogens is 1. The lowest BCUT2D eigenvalue weighted by atomic mass is 10.1. The molecule has 0 aromatic heterocycles. The van der Waals surface area contributed by atoms with Gasteiger partial charge in [0.25, 0.3) is 0 Å². The molecule has 0 bridgehead atoms. The summed E-state index contributed by atoms with van der Waals surface area (Å²) in [4.78, 5) is 1.96. The van der Waals surface area contributed by atoms with Gasteiger partial charge in [0.15, 0.2) is 0 Å². The third kappa shape index (κ3) is 1.63. The van der Waals surface area contributed by atoms with E-state index in [9.17, 15) is 4.39 Å². The molecule has 0 N–H and O–H groups in total. The predicted octanol–water partition coefficient (Wildman–Crippen LogP) is 3.39. The van der Waals surface area contributed by atoms with Gasteiger partial charge in [-0.2, -0.15) is 5.26 Å². The molecule has 1 aliphatic rings. The van der Waals surface area contributed by atoms with Crippen molar-refractivity contribution >= 4 is 11.4 Å². The minimum Gasteiger partial charge on any atom is -0.339 e. The van der Waals surface area contributed by atoms with Crippen molar-refractivity contribution < 1.29 is 4.39 Å². The van der Waals surface area contributed by atoms with E-state index in [0.717, 1.165) is 18.7 Å². The van der Waals surface area contributed by atoms with E-state index < -0.39 is 0 Å². The van der Waals surface area contributed by atoms with Crippen LogP contribution in [0.3, 0.4) is 0 Å². The summed E-state index contributed by atoms with van der Waals surface area (Å²) in [7, 11) is 0. The summed E-state index contributed by atoms with van der Waals surface area (Å²) in [5.74, 6) is -0.342. The molecule has 0 saturated carbocycles. The van der Waals surface area contributed by atoms with Gasteiger partial charge in [0.2, 0.25) is 0 Å². The molecule has 0 radical (unpaired) electrons. The number of para-hydroxylation sites is 1. The first-order chi connectivity index (χ1) is 8.79. The van der Waals surface area contributed by atoms with Crippen molar-refractivity contribution in [1.29, 1.82) is 5.26 Å². The number of nitriles is 1. The maximum Gasteiger partial charge on any atom is 0.148 e. The van der Waals surface area contributed by atoms with Crippen molar-refractivity contribution in [2.24, 2.45) is 0 Å². The van der Waals surface area contributed by atoms with Gasteiger partial charge in [-0.15, -0.1) is 0 Å². The third-order valence-electron chi connectivity index (χ3n) is 3.25. The maximum absolute atomic E-state index is 14.0. The highest BCUT2D eigenvalue weighted by Crippen LogP contribution is 2.35. The molecule has 18 heavy (non-hydrogen) atoms.